The maximum atomic E-state index is 13.5. The number of aryl methyl sites for hydroxylation is 2. The summed E-state index contributed by atoms with van der Waals surface area (Å²) in [6.45, 7) is 16.3. The molecule has 252 valence electrons. The highest BCUT2D eigenvalue weighted by molar-refractivity contribution is 5.83. The van der Waals surface area contributed by atoms with Gasteiger partial charge in [0.15, 0.2) is 11.8 Å². The van der Waals surface area contributed by atoms with Gasteiger partial charge in [-0.3, -0.25) is 0 Å². The number of benzene rings is 3. The summed E-state index contributed by atoms with van der Waals surface area (Å²) in [6.07, 6.45) is 6.46. The molecular formula is C42H45N3O4. The Kier molecular flexibility index (Phi) is 9.84. The minimum absolute atomic E-state index is 0.274. The van der Waals surface area contributed by atoms with E-state index in [-0.39, 0.29) is 5.92 Å². The van der Waals surface area contributed by atoms with Crippen LogP contribution in [0.3, 0.4) is 0 Å². The number of methoxy groups -OCH3 is 1. The number of nitrogens with zero attached hydrogens (tertiary/aromatic N) is 3. The minimum atomic E-state index is -1.03. The Morgan fingerprint density at radius 2 is 1.82 bits per heavy atom. The predicted molar refractivity (Wildman–Crippen MR) is 196 cm³/mol. The van der Waals surface area contributed by atoms with Crippen molar-refractivity contribution in [2.24, 2.45) is 0 Å². The lowest BCUT2D eigenvalue weighted by Crippen LogP contribution is -2.30. The second kappa shape index (κ2) is 14.2. The maximum absolute atomic E-state index is 13.5. The molecule has 2 aromatic heterocycles. The highest BCUT2D eigenvalue weighted by Gasteiger charge is 2.34. The van der Waals surface area contributed by atoms with E-state index in [1.165, 1.54) is 18.2 Å². The van der Waals surface area contributed by atoms with Crippen LogP contribution in [0.25, 0.3) is 39.3 Å². The van der Waals surface area contributed by atoms with Gasteiger partial charge in [0, 0.05) is 28.5 Å². The molecule has 0 N–H and O–H groups in total. The zero-order valence-corrected chi connectivity index (χ0v) is 29.2. The van der Waals surface area contributed by atoms with Crippen molar-refractivity contribution in [3.63, 3.8) is 0 Å². The summed E-state index contributed by atoms with van der Waals surface area (Å²) in [7, 11) is 1.38. The van der Waals surface area contributed by atoms with E-state index >= 15 is 0 Å². The largest absolute Gasteiger partial charge is 0.493 e. The van der Waals surface area contributed by atoms with Crippen molar-refractivity contribution in [2.75, 3.05) is 13.7 Å². The summed E-state index contributed by atoms with van der Waals surface area (Å²) in [5.74, 6) is 0.643. The van der Waals surface area contributed by atoms with Gasteiger partial charge >= 0.3 is 5.97 Å². The van der Waals surface area contributed by atoms with E-state index in [0.717, 1.165) is 65.1 Å². The van der Waals surface area contributed by atoms with Crippen LogP contribution in [-0.4, -0.2) is 39.9 Å². The zero-order valence-electron chi connectivity index (χ0n) is 29.2. The van der Waals surface area contributed by atoms with Crippen LogP contribution in [0.2, 0.25) is 0 Å². The molecule has 0 aliphatic carbocycles. The van der Waals surface area contributed by atoms with Crippen LogP contribution < -0.4 is 4.74 Å². The van der Waals surface area contributed by atoms with Crippen molar-refractivity contribution in [3.8, 4) is 39.4 Å². The molecule has 0 fully saturated rings. The number of carbonyl (C=O) groups excluding carboxylic acids is 1. The van der Waals surface area contributed by atoms with Crippen LogP contribution in [0.4, 0.5) is 0 Å². The van der Waals surface area contributed by atoms with E-state index in [1.54, 1.807) is 0 Å². The summed E-state index contributed by atoms with van der Waals surface area (Å²) in [5.41, 5.74) is 9.34. The van der Waals surface area contributed by atoms with Crippen LogP contribution in [0.15, 0.2) is 98.1 Å². The molecule has 2 unspecified atom stereocenters. The topological polar surface area (TPSA) is 75.0 Å². The first-order valence-electron chi connectivity index (χ1n) is 17.0. The van der Waals surface area contributed by atoms with Crippen LogP contribution in [0, 0.1) is 6.92 Å². The number of ether oxygens (including phenoxy) is 3. The second-order valence-electron chi connectivity index (χ2n) is 13.6. The number of allylic oxidation sites excluding steroid dienone is 2. The van der Waals surface area contributed by atoms with Crippen molar-refractivity contribution < 1.29 is 19.0 Å². The van der Waals surface area contributed by atoms with Crippen molar-refractivity contribution in [2.45, 2.75) is 71.0 Å². The first-order chi connectivity index (χ1) is 23.6. The van der Waals surface area contributed by atoms with E-state index in [2.05, 4.69) is 67.8 Å². The number of fused-ring (bicyclic) bond motifs is 2. The van der Waals surface area contributed by atoms with E-state index in [9.17, 15) is 4.79 Å². The Bertz CT molecular complexity index is 2020. The van der Waals surface area contributed by atoms with E-state index in [4.69, 9.17) is 24.3 Å². The normalized spacial score (nSPS) is 14.9. The molecule has 3 heterocycles. The molecule has 0 amide bonds. The number of esters is 1. The standard InChI is InChI=1S/C42H45N3O4/c1-8-10-15-29-16-11-12-19-33(29)30-17-13-18-31(24-30)35-26-37-43-27(3)38(40(41(46)47-7)49-42(4,5)6)39(45(37)44-35)32-20-21-36-34(25-32)28(14-9-2)22-23-48-36/h8-9,11-13,16-21,24-26,28,40H,1-2,10,14-15,22-23H2,3-7H3. The molecule has 5 aromatic rings. The molecule has 0 saturated heterocycles. The summed E-state index contributed by atoms with van der Waals surface area (Å²) in [4.78, 5) is 18.5. The first kappa shape index (κ1) is 33.9. The maximum Gasteiger partial charge on any atom is 0.339 e. The third kappa shape index (κ3) is 7.08. The number of carbonyl (C=O) groups is 1. The monoisotopic (exact) mass is 655 g/mol. The Balaban J connectivity index is 1.57. The average molecular weight is 656 g/mol. The van der Waals surface area contributed by atoms with Crippen LogP contribution >= 0.6 is 0 Å². The molecule has 3 aromatic carbocycles. The zero-order chi connectivity index (χ0) is 34.7. The van der Waals surface area contributed by atoms with Gasteiger partial charge < -0.3 is 14.2 Å². The molecule has 0 radical (unpaired) electrons. The Labute approximate surface area is 289 Å². The van der Waals surface area contributed by atoms with Crippen molar-refractivity contribution >= 4 is 11.6 Å². The molecule has 7 heteroatoms. The van der Waals surface area contributed by atoms with Crippen LogP contribution in [0.5, 0.6) is 5.75 Å². The van der Waals surface area contributed by atoms with Crippen LogP contribution in [-0.2, 0) is 20.7 Å². The van der Waals surface area contributed by atoms with Gasteiger partial charge in [-0.15, -0.1) is 13.2 Å². The Hall–Kier alpha value is -5.01. The number of hydrogen-bond acceptors (Lipinski definition) is 6. The second-order valence-corrected chi connectivity index (χ2v) is 13.6. The summed E-state index contributed by atoms with van der Waals surface area (Å²) in [5, 5.41) is 5.19. The smallest absolute Gasteiger partial charge is 0.339 e. The molecule has 1 aliphatic heterocycles. The van der Waals surface area contributed by atoms with Crippen molar-refractivity contribution in [3.05, 3.63) is 120 Å². The summed E-state index contributed by atoms with van der Waals surface area (Å²) >= 11 is 0. The minimum Gasteiger partial charge on any atom is -0.493 e. The van der Waals surface area contributed by atoms with Gasteiger partial charge in [-0.1, -0.05) is 54.6 Å². The van der Waals surface area contributed by atoms with Crippen molar-refractivity contribution in [1.29, 1.82) is 0 Å². The fourth-order valence-corrected chi connectivity index (χ4v) is 6.73. The summed E-state index contributed by atoms with van der Waals surface area (Å²) < 4.78 is 19.7. The third-order valence-corrected chi connectivity index (χ3v) is 8.98. The lowest BCUT2D eigenvalue weighted by Gasteiger charge is -2.29. The van der Waals surface area contributed by atoms with Gasteiger partial charge in [0.1, 0.15) is 5.75 Å². The highest BCUT2D eigenvalue weighted by Crippen LogP contribution is 2.42. The lowest BCUT2D eigenvalue weighted by atomic mass is 9.88. The van der Waals surface area contributed by atoms with Gasteiger partial charge in [-0.05, 0) is 106 Å². The van der Waals surface area contributed by atoms with Gasteiger partial charge in [0.05, 0.1) is 30.7 Å². The molecule has 0 spiro atoms. The van der Waals surface area contributed by atoms with Crippen molar-refractivity contribution in [1.82, 2.24) is 14.6 Å². The molecule has 6 rings (SSSR count). The van der Waals surface area contributed by atoms with Gasteiger partial charge in [0.25, 0.3) is 0 Å². The lowest BCUT2D eigenvalue weighted by molar-refractivity contribution is -0.164. The molecule has 0 saturated carbocycles. The fraction of sp³-hybridized carbons (Fsp3) is 0.310. The molecular weight excluding hydrogens is 610 g/mol. The third-order valence-electron chi connectivity index (χ3n) is 8.98. The van der Waals surface area contributed by atoms with Gasteiger partial charge in [-0.2, -0.15) is 5.10 Å². The average Bonchev–Trinajstić information content (AvgIpc) is 3.52. The highest BCUT2D eigenvalue weighted by atomic mass is 16.6. The number of aromatic nitrogens is 3. The summed E-state index contributed by atoms with van der Waals surface area (Å²) in [6, 6.07) is 25.2. The van der Waals surface area contributed by atoms with Crippen LogP contribution in [0.1, 0.15) is 74.4 Å². The molecule has 0 bridgehead atoms. The van der Waals surface area contributed by atoms with E-state index in [0.29, 0.717) is 23.5 Å². The molecule has 7 nitrogen and oxygen atoms in total. The molecule has 2 atom stereocenters. The number of hydrogen-bond donors (Lipinski definition) is 0. The van der Waals surface area contributed by atoms with E-state index in [1.807, 2.05) is 62.6 Å². The predicted octanol–water partition coefficient (Wildman–Crippen LogP) is 9.63. The van der Waals surface area contributed by atoms with Gasteiger partial charge in [0.2, 0.25) is 0 Å². The Morgan fingerprint density at radius 3 is 2.57 bits per heavy atom. The van der Waals surface area contributed by atoms with E-state index < -0.39 is 17.7 Å². The molecule has 1 aliphatic rings. The first-order valence-corrected chi connectivity index (χ1v) is 17.0. The quantitative estimate of drug-likeness (QED) is 0.104. The van der Waals surface area contributed by atoms with Gasteiger partial charge in [-0.25, -0.2) is 14.3 Å². The SMILES string of the molecule is C=CCCc1ccccc1-c1cccc(-c2cc3nc(C)c(C(OC(C)(C)C)C(=O)OC)c(-c4ccc5c(c4)C(CC=C)CCO5)n3n2)c1. The fourth-order valence-electron chi connectivity index (χ4n) is 6.73. The molecule has 49 heavy (non-hydrogen) atoms. The Morgan fingerprint density at radius 1 is 1.02 bits per heavy atom. The number of rotatable bonds is 11.